The molecule has 0 atom stereocenters. The van der Waals surface area contributed by atoms with Crippen LogP contribution in [0.1, 0.15) is 33.3 Å². The van der Waals surface area contributed by atoms with Gasteiger partial charge >= 0.3 is 5.84 Å². The van der Waals surface area contributed by atoms with E-state index in [-0.39, 0.29) is 5.84 Å². The van der Waals surface area contributed by atoms with Gasteiger partial charge in [0.05, 0.1) is 5.56 Å². The van der Waals surface area contributed by atoms with Crippen LogP contribution in [-0.2, 0) is 5.21 Å². The Labute approximate surface area is 116 Å². The van der Waals surface area contributed by atoms with Gasteiger partial charge in [0, 0.05) is 15.8 Å². The second kappa shape index (κ2) is 4.40. The Morgan fingerprint density at radius 1 is 1.25 bits per heavy atom. The molecule has 2 rings (SSSR count). The Hall–Kier alpha value is -2.24. The van der Waals surface area contributed by atoms with E-state index in [9.17, 15) is 10.4 Å². The number of benzene rings is 1. The molecule has 1 radical (unpaired) electrons. The van der Waals surface area contributed by atoms with Gasteiger partial charge in [0.2, 0.25) is 0 Å². The molecule has 7 heteroatoms. The maximum atomic E-state index is 12.4. The van der Waals surface area contributed by atoms with Gasteiger partial charge in [-0.1, -0.05) is 22.3 Å². The van der Waals surface area contributed by atoms with Crippen molar-refractivity contribution < 1.29 is 9.95 Å². The van der Waals surface area contributed by atoms with E-state index >= 15 is 0 Å². The molecule has 0 N–H and O–H groups in total. The summed E-state index contributed by atoms with van der Waals surface area (Å²) >= 11 is 0. The lowest BCUT2D eigenvalue weighted by molar-refractivity contribution is -0.539. The molecule has 0 bridgehead atoms. The Morgan fingerprint density at radius 2 is 1.80 bits per heavy atom. The highest BCUT2D eigenvalue weighted by atomic mass is 16.5. The molecule has 1 heterocycles. The molecule has 0 fully saturated rings. The van der Waals surface area contributed by atoms with E-state index in [4.69, 9.17) is 5.53 Å². The van der Waals surface area contributed by atoms with Crippen LogP contribution >= 0.6 is 0 Å². The quantitative estimate of drug-likeness (QED) is 0.272. The number of hydroxylamine groups is 3. The predicted molar refractivity (Wildman–Crippen MR) is 73.7 cm³/mol. The Balaban J connectivity index is 2.52. The summed E-state index contributed by atoms with van der Waals surface area (Å²) in [6.45, 7) is 6.97. The van der Waals surface area contributed by atoms with Crippen LogP contribution in [0.5, 0.6) is 0 Å². The fourth-order valence-corrected chi connectivity index (χ4v) is 2.07. The number of hydrogen-bond donors (Lipinski definition) is 0. The monoisotopic (exact) mass is 274 g/mol. The van der Waals surface area contributed by atoms with Gasteiger partial charge in [-0.25, -0.2) is 0 Å². The van der Waals surface area contributed by atoms with Gasteiger partial charge in [0.25, 0.3) is 0 Å². The molecule has 105 valence electrons. The molecular formula is C13H16N5O2. The molecule has 0 saturated heterocycles. The van der Waals surface area contributed by atoms with E-state index in [0.717, 1.165) is 9.80 Å². The summed E-state index contributed by atoms with van der Waals surface area (Å²) in [6.07, 6.45) is 0. The minimum absolute atomic E-state index is 0.0764. The zero-order valence-electron chi connectivity index (χ0n) is 11.9. The Morgan fingerprint density at radius 3 is 2.20 bits per heavy atom. The van der Waals surface area contributed by atoms with Gasteiger partial charge in [0.15, 0.2) is 5.54 Å². The third kappa shape index (κ3) is 1.79. The SMILES string of the molecule is CC1(C)N([O])C(c2ccc(N=[N+]=[N-])cc2)=[N+]([O-])C1(C)C. The number of hydrogen-bond acceptors (Lipinski definition) is 3. The number of rotatable bonds is 2. The minimum atomic E-state index is -0.840. The maximum absolute atomic E-state index is 12.4. The molecule has 0 saturated carbocycles. The molecule has 1 aromatic rings. The maximum Gasteiger partial charge on any atom is 0.316 e. The van der Waals surface area contributed by atoms with E-state index in [1.807, 2.05) is 0 Å². The highest BCUT2D eigenvalue weighted by Gasteiger charge is 2.59. The van der Waals surface area contributed by atoms with E-state index < -0.39 is 11.1 Å². The number of azide groups is 1. The second-order valence-corrected chi connectivity index (χ2v) is 5.77. The summed E-state index contributed by atoms with van der Waals surface area (Å²) in [5.41, 5.74) is 7.62. The van der Waals surface area contributed by atoms with E-state index in [2.05, 4.69) is 10.0 Å². The fourth-order valence-electron chi connectivity index (χ4n) is 2.07. The third-order valence-electron chi connectivity index (χ3n) is 4.18. The first-order valence-electron chi connectivity index (χ1n) is 6.20. The van der Waals surface area contributed by atoms with Crippen molar-refractivity contribution in [1.29, 1.82) is 0 Å². The summed E-state index contributed by atoms with van der Waals surface area (Å²) < 4.78 is 0.753. The topological polar surface area (TPSA) is 98.0 Å². The van der Waals surface area contributed by atoms with Crippen molar-refractivity contribution in [3.63, 3.8) is 0 Å². The van der Waals surface area contributed by atoms with Crippen molar-refractivity contribution in [2.45, 2.75) is 38.8 Å². The average molecular weight is 274 g/mol. The average Bonchev–Trinajstić information content (AvgIpc) is 2.51. The van der Waals surface area contributed by atoms with Crippen molar-refractivity contribution in [2.75, 3.05) is 0 Å². The van der Waals surface area contributed by atoms with Gasteiger partial charge in [-0.2, -0.15) is 0 Å². The predicted octanol–water partition coefficient (Wildman–Crippen LogP) is 3.10. The lowest BCUT2D eigenvalue weighted by Crippen LogP contribution is -2.53. The number of nitrogens with zero attached hydrogens (tertiary/aromatic N) is 5. The zero-order valence-corrected chi connectivity index (χ0v) is 11.9. The molecule has 0 unspecified atom stereocenters. The first-order valence-corrected chi connectivity index (χ1v) is 6.20. The van der Waals surface area contributed by atoms with Crippen molar-refractivity contribution >= 4 is 11.5 Å². The molecule has 20 heavy (non-hydrogen) atoms. The summed E-state index contributed by atoms with van der Waals surface area (Å²) in [6, 6.07) is 6.35. The van der Waals surface area contributed by atoms with Gasteiger partial charge in [-0.3, -0.25) is 4.74 Å². The normalized spacial score (nSPS) is 19.9. The number of amidine groups is 1. The van der Waals surface area contributed by atoms with Gasteiger partial charge in [-0.05, 0) is 45.4 Å². The molecule has 0 spiro atoms. The van der Waals surface area contributed by atoms with Crippen LogP contribution in [0, 0.1) is 5.21 Å². The molecule has 1 aliphatic heterocycles. The zero-order chi connectivity index (χ0) is 15.1. The second-order valence-electron chi connectivity index (χ2n) is 5.77. The van der Waals surface area contributed by atoms with Crippen molar-refractivity contribution in [3.05, 3.63) is 45.5 Å². The molecule has 0 aliphatic carbocycles. The summed E-state index contributed by atoms with van der Waals surface area (Å²) in [4.78, 5) is 2.68. The van der Waals surface area contributed by atoms with E-state index in [1.54, 1.807) is 52.0 Å². The van der Waals surface area contributed by atoms with Crippen molar-refractivity contribution in [2.24, 2.45) is 5.11 Å². The summed E-state index contributed by atoms with van der Waals surface area (Å²) in [5, 5.41) is 29.1. The van der Waals surface area contributed by atoms with Crippen LogP contribution < -0.4 is 0 Å². The molecule has 0 amide bonds. The highest BCUT2D eigenvalue weighted by molar-refractivity contribution is 5.96. The fraction of sp³-hybridized carbons (Fsp3) is 0.462. The highest BCUT2D eigenvalue weighted by Crippen LogP contribution is 2.37. The van der Waals surface area contributed by atoms with E-state index in [0.29, 0.717) is 11.3 Å². The van der Waals surface area contributed by atoms with Crippen LogP contribution in [0.15, 0.2) is 29.4 Å². The van der Waals surface area contributed by atoms with Crippen molar-refractivity contribution in [3.8, 4) is 0 Å². The van der Waals surface area contributed by atoms with Crippen LogP contribution in [0.4, 0.5) is 5.69 Å². The smallest absolute Gasteiger partial charge is 0.316 e. The lowest BCUT2D eigenvalue weighted by atomic mass is 9.84. The summed E-state index contributed by atoms with van der Waals surface area (Å²) in [7, 11) is 0. The van der Waals surface area contributed by atoms with E-state index in [1.165, 1.54) is 0 Å². The summed E-state index contributed by atoms with van der Waals surface area (Å²) in [5.74, 6) is 0.0764. The lowest BCUT2D eigenvalue weighted by Gasteiger charge is -2.32. The van der Waals surface area contributed by atoms with Crippen LogP contribution in [0.25, 0.3) is 10.4 Å². The first kappa shape index (κ1) is 14.2. The molecule has 1 aromatic carbocycles. The molecular weight excluding hydrogens is 258 g/mol. The van der Waals surface area contributed by atoms with Crippen LogP contribution in [0.3, 0.4) is 0 Å². The van der Waals surface area contributed by atoms with Gasteiger partial charge < -0.3 is 5.21 Å². The standard InChI is InChI=1S/C13H16N5O2/c1-12(2)13(3,4)18(20)11(17(12)19)9-5-7-10(8-6-9)15-16-14/h5-8H,1-4H3. The van der Waals surface area contributed by atoms with Gasteiger partial charge in [0.1, 0.15) is 5.54 Å². The molecule has 7 nitrogen and oxygen atoms in total. The Bertz CT molecular complexity index is 612. The van der Waals surface area contributed by atoms with Crippen molar-refractivity contribution in [1.82, 2.24) is 5.06 Å². The first-order chi connectivity index (χ1) is 9.23. The molecule has 0 aromatic heterocycles. The largest absolute Gasteiger partial charge is 0.714 e. The third-order valence-corrected chi connectivity index (χ3v) is 4.18. The Kier molecular flexibility index (Phi) is 3.12. The van der Waals surface area contributed by atoms with Crippen LogP contribution in [-0.4, -0.2) is 26.7 Å². The minimum Gasteiger partial charge on any atom is -0.714 e. The molecule has 1 aliphatic rings. The van der Waals surface area contributed by atoms with Crippen LogP contribution in [0.2, 0.25) is 0 Å². The van der Waals surface area contributed by atoms with Gasteiger partial charge in [-0.15, -0.1) is 0 Å².